The summed E-state index contributed by atoms with van der Waals surface area (Å²) >= 11 is 7.91. The molecular weight excluding hydrogens is 294 g/mol. The number of carbonyl (C=O) groups is 1. The predicted octanol–water partition coefficient (Wildman–Crippen LogP) is 3.58. The minimum Gasteiger partial charge on any atom is -0.481 e. The number of aliphatic carboxylic acids is 1. The van der Waals surface area contributed by atoms with E-state index in [4.69, 9.17) is 16.7 Å². The van der Waals surface area contributed by atoms with Crippen LogP contribution in [0, 0.1) is 5.92 Å². The molecule has 1 aliphatic heterocycles. The van der Waals surface area contributed by atoms with Gasteiger partial charge in [-0.2, -0.15) is 0 Å². The number of nitrogens with zero attached hydrogens (tertiary/aromatic N) is 1. The summed E-state index contributed by atoms with van der Waals surface area (Å²) in [6.45, 7) is 2.11. The Kier molecular flexibility index (Phi) is 3.78. The number of rotatable bonds is 4. The summed E-state index contributed by atoms with van der Waals surface area (Å²) in [5.41, 5.74) is 1.05. The second-order valence-corrected chi connectivity index (χ2v) is 6.55. The lowest BCUT2D eigenvalue weighted by Crippen LogP contribution is -2.49. The van der Waals surface area contributed by atoms with Crippen LogP contribution in [0.1, 0.15) is 4.88 Å². The maximum absolute atomic E-state index is 10.8. The highest BCUT2D eigenvalue weighted by Gasteiger charge is 2.32. The average Bonchev–Trinajstić information content (AvgIpc) is 2.81. The van der Waals surface area contributed by atoms with E-state index in [1.807, 2.05) is 24.3 Å². The van der Waals surface area contributed by atoms with Crippen LogP contribution in [-0.4, -0.2) is 29.1 Å². The molecule has 20 heavy (non-hydrogen) atoms. The highest BCUT2D eigenvalue weighted by molar-refractivity contribution is 7.15. The van der Waals surface area contributed by atoms with Crippen molar-refractivity contribution in [1.82, 2.24) is 4.90 Å². The molecule has 0 saturated carbocycles. The van der Waals surface area contributed by atoms with E-state index in [9.17, 15) is 4.79 Å². The first-order valence-corrected chi connectivity index (χ1v) is 7.61. The van der Waals surface area contributed by atoms with Crippen molar-refractivity contribution in [1.29, 1.82) is 0 Å². The molecule has 0 bridgehead atoms. The van der Waals surface area contributed by atoms with Gasteiger partial charge in [-0.3, -0.25) is 9.69 Å². The molecule has 0 amide bonds. The number of benzene rings is 1. The molecule has 1 N–H and O–H groups in total. The van der Waals surface area contributed by atoms with Gasteiger partial charge in [-0.15, -0.1) is 11.3 Å². The standard InChI is InChI=1S/C15H14ClNO2S/c16-13-4-2-1-3-12(13)14-6-5-11(20-14)9-17-7-10(8-17)15(18)19/h1-6,10H,7-9H2,(H,18,19). The molecular formula is C15H14ClNO2S. The van der Waals surface area contributed by atoms with Gasteiger partial charge >= 0.3 is 5.97 Å². The zero-order chi connectivity index (χ0) is 14.1. The Hall–Kier alpha value is -1.36. The summed E-state index contributed by atoms with van der Waals surface area (Å²) in [6.07, 6.45) is 0. The second-order valence-electron chi connectivity index (χ2n) is 4.98. The Morgan fingerprint density at radius 2 is 2.05 bits per heavy atom. The number of carboxylic acid groups (broad SMARTS) is 1. The molecule has 0 aliphatic carbocycles. The molecule has 104 valence electrons. The summed E-state index contributed by atoms with van der Waals surface area (Å²) < 4.78 is 0. The summed E-state index contributed by atoms with van der Waals surface area (Å²) in [5, 5.41) is 9.62. The van der Waals surface area contributed by atoms with Crippen LogP contribution in [0.25, 0.3) is 10.4 Å². The first kappa shape index (κ1) is 13.6. The monoisotopic (exact) mass is 307 g/mol. The van der Waals surface area contributed by atoms with Crippen LogP contribution < -0.4 is 0 Å². The van der Waals surface area contributed by atoms with E-state index >= 15 is 0 Å². The van der Waals surface area contributed by atoms with Crippen LogP contribution >= 0.6 is 22.9 Å². The molecule has 0 spiro atoms. The first-order valence-electron chi connectivity index (χ1n) is 6.42. The lowest BCUT2D eigenvalue weighted by Gasteiger charge is -2.36. The van der Waals surface area contributed by atoms with E-state index in [1.165, 1.54) is 4.88 Å². The van der Waals surface area contributed by atoms with Crippen molar-refractivity contribution in [2.24, 2.45) is 5.92 Å². The number of hydrogen-bond donors (Lipinski definition) is 1. The van der Waals surface area contributed by atoms with E-state index in [0.717, 1.165) is 22.0 Å². The van der Waals surface area contributed by atoms with Crippen molar-refractivity contribution in [3.8, 4) is 10.4 Å². The topological polar surface area (TPSA) is 40.5 Å². The second kappa shape index (κ2) is 5.56. The van der Waals surface area contributed by atoms with Crippen LogP contribution in [0.15, 0.2) is 36.4 Å². The zero-order valence-corrected chi connectivity index (χ0v) is 12.3. The molecule has 0 radical (unpaired) electrons. The summed E-state index contributed by atoms with van der Waals surface area (Å²) in [4.78, 5) is 15.3. The third kappa shape index (κ3) is 2.73. The summed E-state index contributed by atoms with van der Waals surface area (Å²) in [5.74, 6) is -0.887. The Bertz CT molecular complexity index is 634. The van der Waals surface area contributed by atoms with E-state index in [0.29, 0.717) is 13.1 Å². The van der Waals surface area contributed by atoms with E-state index in [2.05, 4.69) is 17.0 Å². The minimum atomic E-state index is -0.691. The quantitative estimate of drug-likeness (QED) is 0.938. The van der Waals surface area contributed by atoms with E-state index in [1.54, 1.807) is 11.3 Å². The summed E-state index contributed by atoms with van der Waals surface area (Å²) in [7, 11) is 0. The van der Waals surface area contributed by atoms with Crippen LogP contribution in [0.3, 0.4) is 0 Å². The van der Waals surface area contributed by atoms with Crippen LogP contribution in [0.2, 0.25) is 5.02 Å². The van der Waals surface area contributed by atoms with Crippen molar-refractivity contribution >= 4 is 28.9 Å². The fraction of sp³-hybridized carbons (Fsp3) is 0.267. The van der Waals surface area contributed by atoms with E-state index in [-0.39, 0.29) is 5.92 Å². The molecule has 3 nitrogen and oxygen atoms in total. The van der Waals surface area contributed by atoms with Crippen LogP contribution in [-0.2, 0) is 11.3 Å². The van der Waals surface area contributed by atoms with Gasteiger partial charge in [-0.25, -0.2) is 0 Å². The molecule has 1 aromatic carbocycles. The Morgan fingerprint density at radius 3 is 2.75 bits per heavy atom. The number of likely N-dealkylation sites (tertiary alicyclic amines) is 1. The highest BCUT2D eigenvalue weighted by Crippen LogP contribution is 2.34. The van der Waals surface area contributed by atoms with Gasteiger partial charge < -0.3 is 5.11 Å². The van der Waals surface area contributed by atoms with Crippen molar-refractivity contribution < 1.29 is 9.90 Å². The summed E-state index contributed by atoms with van der Waals surface area (Å²) in [6, 6.07) is 12.0. The Balaban J connectivity index is 1.66. The number of halogens is 1. The molecule has 1 fully saturated rings. The van der Waals surface area contributed by atoms with Gasteiger partial charge in [-0.1, -0.05) is 29.8 Å². The largest absolute Gasteiger partial charge is 0.481 e. The number of hydrogen-bond acceptors (Lipinski definition) is 3. The third-order valence-corrected chi connectivity index (χ3v) is 4.92. The van der Waals surface area contributed by atoms with Gasteiger partial charge in [0.1, 0.15) is 0 Å². The lowest BCUT2D eigenvalue weighted by molar-refractivity contribution is -0.147. The maximum Gasteiger partial charge on any atom is 0.309 e. The van der Waals surface area contributed by atoms with Crippen LogP contribution in [0.4, 0.5) is 0 Å². The maximum atomic E-state index is 10.8. The first-order chi connectivity index (χ1) is 9.63. The lowest BCUT2D eigenvalue weighted by atomic mass is 10.0. The molecule has 2 heterocycles. The molecule has 3 rings (SSSR count). The van der Waals surface area contributed by atoms with Gasteiger partial charge in [0.25, 0.3) is 0 Å². The highest BCUT2D eigenvalue weighted by atomic mass is 35.5. The van der Waals surface area contributed by atoms with Crippen LogP contribution in [0.5, 0.6) is 0 Å². The Labute approximate surface area is 126 Å². The average molecular weight is 308 g/mol. The number of thiophene rings is 1. The fourth-order valence-corrected chi connectivity index (χ4v) is 3.73. The van der Waals surface area contributed by atoms with Crippen molar-refractivity contribution in [3.05, 3.63) is 46.3 Å². The zero-order valence-electron chi connectivity index (χ0n) is 10.8. The van der Waals surface area contributed by atoms with Gasteiger partial charge in [0, 0.05) is 40.0 Å². The van der Waals surface area contributed by atoms with E-state index < -0.39 is 5.97 Å². The molecule has 0 atom stereocenters. The van der Waals surface area contributed by atoms with Crippen molar-refractivity contribution in [2.75, 3.05) is 13.1 Å². The Morgan fingerprint density at radius 1 is 1.30 bits per heavy atom. The predicted molar refractivity (Wildman–Crippen MR) is 81.2 cm³/mol. The normalized spacial score (nSPS) is 16.1. The van der Waals surface area contributed by atoms with Gasteiger partial charge in [0.05, 0.1) is 5.92 Å². The van der Waals surface area contributed by atoms with Gasteiger partial charge in [0.15, 0.2) is 0 Å². The SMILES string of the molecule is O=C(O)C1CN(Cc2ccc(-c3ccccc3Cl)s2)C1. The van der Waals surface area contributed by atoms with Gasteiger partial charge in [-0.05, 0) is 18.2 Å². The molecule has 1 saturated heterocycles. The molecule has 0 unspecified atom stereocenters. The third-order valence-electron chi connectivity index (χ3n) is 3.49. The molecule has 1 aromatic heterocycles. The molecule has 1 aliphatic rings. The minimum absolute atomic E-state index is 0.196. The fourth-order valence-electron chi connectivity index (χ4n) is 2.34. The van der Waals surface area contributed by atoms with Gasteiger partial charge in [0.2, 0.25) is 0 Å². The number of carboxylic acids is 1. The van der Waals surface area contributed by atoms with Crippen molar-refractivity contribution in [3.63, 3.8) is 0 Å². The molecule has 5 heteroatoms. The molecule has 2 aromatic rings. The van der Waals surface area contributed by atoms with Crippen molar-refractivity contribution in [2.45, 2.75) is 6.54 Å². The smallest absolute Gasteiger partial charge is 0.309 e.